The topological polar surface area (TPSA) is 283 Å². The first-order valence-electron chi connectivity index (χ1n) is 25.7. The van der Waals surface area contributed by atoms with E-state index in [0.29, 0.717) is 30.7 Å². The van der Waals surface area contributed by atoms with Crippen molar-refractivity contribution in [2.24, 2.45) is 10.8 Å². The number of urea groups is 2. The Kier molecular flexibility index (Phi) is 22.5. The van der Waals surface area contributed by atoms with Crippen LogP contribution < -0.4 is 40.2 Å². The molecule has 406 valence electrons. The van der Waals surface area contributed by atoms with Gasteiger partial charge in [-0.15, -0.1) is 4.28 Å². The Bertz CT molecular complexity index is 2050. The number of unbranched alkanes of at least 4 members (excludes halogenated alkanes) is 4. The number of nitrogens with one attached hydrogen (secondary N) is 2. The fraction of sp³-hybridized carbons (Fsp3) is 0.870. The van der Waals surface area contributed by atoms with E-state index in [1.165, 1.54) is 91.8 Å². The number of carbonyl (C=O) groups excluding carboxylic acids is 6. The predicted octanol–water partition coefficient (Wildman–Crippen LogP) is 0.485. The van der Waals surface area contributed by atoms with E-state index in [2.05, 4.69) is 46.9 Å². The van der Waals surface area contributed by atoms with Crippen LogP contribution in [0, 0.1) is 10.8 Å². The SMILES string of the molecule is CC(=O)N1CC2(CC(NC(=O)[C@@H]3CC[C@@H]4CN3C(=O)N4OS(=O)(=O)O)C2)C1.CC(=O)N1CC2(CC(NC(=O)[C@@H]3CC[C@@H]4CN3C(=O)N4O[S-](=O)=O)C2)C1.CCCC[N+](CCCC)(CCCC)CCCC.[Na+].[OH-]. The van der Waals surface area contributed by atoms with Crippen molar-refractivity contribution < 1.29 is 98.2 Å². The fourth-order valence-electron chi connectivity index (χ4n) is 12.1. The average molecular weight is 1070 g/mol. The van der Waals surface area contributed by atoms with Crippen molar-refractivity contribution in [1.29, 1.82) is 0 Å². The molecule has 4 atom stereocenters. The molecule has 8 fully saturated rings. The summed E-state index contributed by atoms with van der Waals surface area (Å²) in [6.45, 7) is 21.5. The number of amides is 8. The number of likely N-dealkylation sites (tertiary alicyclic amines) is 2. The Morgan fingerprint density at radius 1 is 0.653 bits per heavy atom. The molecule has 6 saturated heterocycles. The van der Waals surface area contributed by atoms with E-state index in [9.17, 15) is 45.6 Å². The minimum Gasteiger partial charge on any atom is -0.870 e. The summed E-state index contributed by atoms with van der Waals surface area (Å²) in [5, 5.41) is 7.43. The van der Waals surface area contributed by atoms with Crippen LogP contribution in [0.15, 0.2) is 0 Å². The first-order valence-corrected chi connectivity index (χ1v) is 28.1. The molecule has 0 aromatic heterocycles. The van der Waals surface area contributed by atoms with Crippen molar-refractivity contribution in [3.8, 4) is 0 Å². The number of quaternary nitrogens is 1. The van der Waals surface area contributed by atoms with Gasteiger partial charge < -0.3 is 52.9 Å². The summed E-state index contributed by atoms with van der Waals surface area (Å²) in [5.41, 5.74) is 0.262. The molecule has 23 nitrogen and oxygen atoms in total. The normalized spacial score (nSPS) is 24.7. The number of hydrogen-bond donors (Lipinski definition) is 3. The van der Waals surface area contributed by atoms with Gasteiger partial charge in [0.2, 0.25) is 23.6 Å². The average Bonchev–Trinajstić information content (AvgIpc) is 3.62. The van der Waals surface area contributed by atoms with Gasteiger partial charge in [0.05, 0.1) is 49.2 Å². The van der Waals surface area contributed by atoms with Crippen molar-refractivity contribution in [2.75, 3.05) is 65.4 Å². The molecule has 0 unspecified atom stereocenters. The summed E-state index contributed by atoms with van der Waals surface area (Å²) in [6.07, 6.45) is 16.1. The third kappa shape index (κ3) is 14.9. The molecular weight excluding hydrogens is 990 g/mol. The summed E-state index contributed by atoms with van der Waals surface area (Å²) in [5.74, 6) is -0.324. The van der Waals surface area contributed by atoms with Gasteiger partial charge in [-0.25, -0.2) is 14.7 Å². The minimum absolute atomic E-state index is 0. The van der Waals surface area contributed by atoms with E-state index >= 15 is 0 Å². The number of fused-ring (bicyclic) bond motifs is 4. The number of hydrogen-bond acceptors (Lipinski definition) is 14. The molecule has 8 aliphatic rings. The van der Waals surface area contributed by atoms with Crippen LogP contribution >= 0.6 is 0 Å². The summed E-state index contributed by atoms with van der Waals surface area (Å²) in [6, 6.07) is -3.38. The number of hydroxylamine groups is 4. The maximum atomic E-state index is 12.6. The molecule has 4 bridgehead atoms. The maximum Gasteiger partial charge on any atom is 1.00 e. The van der Waals surface area contributed by atoms with Gasteiger partial charge in [-0.05, 0) is 77.0 Å². The van der Waals surface area contributed by atoms with Gasteiger partial charge in [-0.3, -0.25) is 23.7 Å². The molecule has 6 aliphatic heterocycles. The third-order valence-corrected chi connectivity index (χ3v) is 16.5. The van der Waals surface area contributed by atoms with Crippen molar-refractivity contribution in [2.45, 2.75) is 181 Å². The van der Waals surface area contributed by atoms with Crippen LogP contribution in [-0.4, -0.2) is 190 Å². The van der Waals surface area contributed by atoms with Crippen LogP contribution in [0.1, 0.15) is 144 Å². The van der Waals surface area contributed by atoms with Crippen molar-refractivity contribution in [3.05, 3.63) is 0 Å². The fourth-order valence-corrected chi connectivity index (χ4v) is 12.8. The Hall–Kier alpha value is -2.88. The smallest absolute Gasteiger partial charge is 0.870 e. The van der Waals surface area contributed by atoms with Gasteiger partial charge in [-0.2, -0.15) is 13.5 Å². The van der Waals surface area contributed by atoms with Gasteiger partial charge in [0.15, 0.2) is 0 Å². The van der Waals surface area contributed by atoms with E-state index in [1.54, 1.807) is 23.6 Å². The van der Waals surface area contributed by atoms with Crippen LogP contribution in [0.25, 0.3) is 0 Å². The zero-order valence-electron chi connectivity index (χ0n) is 43.6. The van der Waals surface area contributed by atoms with E-state index in [4.69, 9.17) is 4.55 Å². The van der Waals surface area contributed by atoms with Crippen molar-refractivity contribution in [1.82, 2.24) is 40.4 Å². The monoisotopic (exact) mass is 1070 g/mol. The van der Waals surface area contributed by atoms with Crippen LogP contribution in [0.5, 0.6) is 0 Å². The largest absolute Gasteiger partial charge is 1.00 e. The third-order valence-electron chi connectivity index (χ3n) is 15.9. The quantitative estimate of drug-likeness (QED) is 0.0648. The molecule has 2 spiro atoms. The van der Waals surface area contributed by atoms with Gasteiger partial charge in [-0.1, -0.05) is 53.4 Å². The van der Waals surface area contributed by atoms with Gasteiger partial charge in [0.25, 0.3) is 0 Å². The van der Waals surface area contributed by atoms with Gasteiger partial charge in [0.1, 0.15) is 12.1 Å². The number of nitrogens with zero attached hydrogens (tertiary/aromatic N) is 7. The Balaban J connectivity index is 0.000000238. The second-order valence-corrected chi connectivity index (χ2v) is 23.0. The molecule has 2 saturated carbocycles. The van der Waals surface area contributed by atoms with Gasteiger partial charge in [0, 0.05) is 76.0 Å². The molecule has 8 amide bonds. The van der Waals surface area contributed by atoms with Crippen LogP contribution in [-0.2, 0) is 57.5 Å². The minimum atomic E-state index is -4.80. The Morgan fingerprint density at radius 3 is 1.32 bits per heavy atom. The number of carbonyl (C=O) groups is 6. The number of rotatable bonds is 20. The predicted molar refractivity (Wildman–Crippen MR) is 257 cm³/mol. The van der Waals surface area contributed by atoms with E-state index < -0.39 is 51.6 Å². The van der Waals surface area contributed by atoms with E-state index in [0.717, 1.165) is 56.9 Å². The Labute approximate surface area is 449 Å². The van der Waals surface area contributed by atoms with Crippen LogP contribution in [0.3, 0.4) is 0 Å². The van der Waals surface area contributed by atoms with Crippen LogP contribution in [0.4, 0.5) is 9.59 Å². The van der Waals surface area contributed by atoms with Gasteiger partial charge >= 0.3 is 52.0 Å². The van der Waals surface area contributed by atoms with Crippen molar-refractivity contribution >= 4 is 57.1 Å². The second kappa shape index (κ2) is 26.3. The molecule has 4 N–H and O–H groups in total. The summed E-state index contributed by atoms with van der Waals surface area (Å²) in [7, 11) is -7.62. The second-order valence-electron chi connectivity index (χ2n) is 21.4. The molecule has 0 aromatic carbocycles. The molecular formula is C46H80N9NaO14S2. The standard InChI is InChI=1S/C16H36N.C15H22N4O7S.C15H21N4O6S.Na.H2O/c1-5-9-13-17(14-10-6-2,15-11-7-3)16-12-8-4;1-9(20)17-7-15(8-17)4-10(5-15)16-13(21)12-3-2-11-6-18(12)14(22)19(11)26-27(23,24)25;1-9(20)17-7-15(8-17)4-10(5-15)16-13(21)12-3-2-11-6-18(12)14(22)19(11)25-26(23)24;;/h5-16H2,1-4H3;10-12H,2-8H2,1H3,(H,16,21)(H,23,24,25);10-12H,2-8H2,1H3,(H,16,21);;1H2/q+1;;-1;+1;/p-1/t;2*11-,12+;;/m.11../s1. The van der Waals surface area contributed by atoms with Crippen molar-refractivity contribution in [3.63, 3.8) is 0 Å². The first kappa shape index (κ1) is 61.7. The first-order chi connectivity index (χ1) is 33.1. The van der Waals surface area contributed by atoms with E-state index in [-0.39, 0.29) is 101 Å². The molecule has 2 aliphatic carbocycles. The van der Waals surface area contributed by atoms with Crippen LogP contribution in [0.2, 0.25) is 0 Å². The molecule has 8 rings (SSSR count). The summed E-state index contributed by atoms with van der Waals surface area (Å²) < 4.78 is 62.4. The Morgan fingerprint density at radius 2 is 1.00 bits per heavy atom. The zero-order valence-corrected chi connectivity index (χ0v) is 47.2. The van der Waals surface area contributed by atoms with E-state index in [1.807, 2.05) is 0 Å². The molecule has 6 heterocycles. The maximum absolute atomic E-state index is 12.6. The summed E-state index contributed by atoms with van der Waals surface area (Å²) in [4.78, 5) is 78.7. The summed E-state index contributed by atoms with van der Waals surface area (Å²) >= 11 is 0. The number of piperidine rings is 2. The molecule has 26 heteroatoms. The molecule has 0 radical (unpaired) electrons. The molecule has 0 aromatic rings. The zero-order chi connectivity index (χ0) is 51.2. The molecule has 72 heavy (non-hydrogen) atoms.